The molecule has 0 radical (unpaired) electrons. The van der Waals surface area contributed by atoms with Crippen LogP contribution in [0.2, 0.25) is 0 Å². The van der Waals surface area contributed by atoms with E-state index < -0.39 is 0 Å². The molecule has 1 aliphatic rings. The molecule has 0 atom stereocenters. The molecule has 1 aromatic rings. The first kappa shape index (κ1) is 11.5. The second kappa shape index (κ2) is 4.50. The molecule has 1 aliphatic heterocycles. The lowest BCUT2D eigenvalue weighted by atomic mass is 10.1. The van der Waals surface area contributed by atoms with E-state index in [2.05, 4.69) is 21.3 Å². The minimum atomic E-state index is 0.562. The van der Waals surface area contributed by atoms with Crippen LogP contribution < -0.4 is 16.0 Å². The molecule has 1 saturated heterocycles. The Bertz CT molecular complexity index is 469. The second-order valence-corrected chi connectivity index (χ2v) is 4.25. The molecule has 0 aromatic carbocycles. The molecule has 0 aliphatic carbocycles. The van der Waals surface area contributed by atoms with Gasteiger partial charge in [-0.25, -0.2) is 4.98 Å². The van der Waals surface area contributed by atoms with Gasteiger partial charge in [0.05, 0.1) is 11.3 Å². The first-order valence-corrected chi connectivity index (χ1v) is 5.82. The van der Waals surface area contributed by atoms with Crippen molar-refractivity contribution in [3.63, 3.8) is 0 Å². The number of hydrogen-bond acceptors (Lipinski definition) is 5. The zero-order valence-corrected chi connectivity index (χ0v) is 10.2. The Morgan fingerprint density at radius 2 is 2.06 bits per heavy atom. The molecule has 2 rings (SSSR count). The van der Waals surface area contributed by atoms with E-state index >= 15 is 0 Å². The molecule has 5 heteroatoms. The molecule has 90 valence electrons. The number of nitrogens with two attached hydrogens (primary N) is 1. The Balaban J connectivity index is 2.56. The van der Waals surface area contributed by atoms with Crippen LogP contribution in [0.4, 0.5) is 17.3 Å². The molecule has 0 saturated carbocycles. The number of pyridine rings is 1. The molecule has 1 fully saturated rings. The van der Waals surface area contributed by atoms with E-state index in [0.717, 1.165) is 37.3 Å². The summed E-state index contributed by atoms with van der Waals surface area (Å²) in [5, 5.41) is 12.2. The smallest absolute Gasteiger partial charge is 0.151 e. The minimum absolute atomic E-state index is 0.562. The normalized spacial score (nSPS) is 14.8. The van der Waals surface area contributed by atoms with Gasteiger partial charge in [-0.2, -0.15) is 5.26 Å². The van der Waals surface area contributed by atoms with Gasteiger partial charge in [0, 0.05) is 20.1 Å². The lowest BCUT2D eigenvalue weighted by Gasteiger charge is -2.21. The minimum Gasteiger partial charge on any atom is -0.395 e. The van der Waals surface area contributed by atoms with Crippen LogP contribution in [-0.2, 0) is 0 Å². The first-order valence-electron chi connectivity index (χ1n) is 5.82. The van der Waals surface area contributed by atoms with E-state index in [4.69, 9.17) is 5.73 Å². The highest BCUT2D eigenvalue weighted by atomic mass is 15.2. The second-order valence-electron chi connectivity index (χ2n) is 4.25. The Morgan fingerprint density at radius 1 is 1.41 bits per heavy atom. The van der Waals surface area contributed by atoms with Crippen molar-refractivity contribution in [3.8, 4) is 6.07 Å². The van der Waals surface area contributed by atoms with Crippen LogP contribution in [0.3, 0.4) is 0 Å². The number of aromatic nitrogens is 1. The molecule has 2 heterocycles. The third-order valence-electron chi connectivity index (χ3n) is 3.23. The fourth-order valence-corrected chi connectivity index (χ4v) is 2.18. The van der Waals surface area contributed by atoms with Crippen molar-refractivity contribution >= 4 is 17.3 Å². The Labute approximate surface area is 101 Å². The van der Waals surface area contributed by atoms with Gasteiger partial charge < -0.3 is 16.0 Å². The molecule has 0 unspecified atom stereocenters. The Hall–Kier alpha value is -1.96. The van der Waals surface area contributed by atoms with Gasteiger partial charge in [0.25, 0.3) is 0 Å². The maximum absolute atomic E-state index is 9.26. The number of hydrogen-bond donors (Lipinski definition) is 2. The molecule has 3 N–H and O–H groups in total. The summed E-state index contributed by atoms with van der Waals surface area (Å²) >= 11 is 0. The molecule has 0 bridgehead atoms. The van der Waals surface area contributed by atoms with Gasteiger partial charge in [0.1, 0.15) is 11.9 Å². The van der Waals surface area contributed by atoms with Gasteiger partial charge in [-0.05, 0) is 25.3 Å². The number of rotatable bonds is 2. The van der Waals surface area contributed by atoms with Crippen molar-refractivity contribution in [2.24, 2.45) is 0 Å². The van der Waals surface area contributed by atoms with Crippen molar-refractivity contribution in [2.45, 2.75) is 19.8 Å². The van der Waals surface area contributed by atoms with E-state index in [-0.39, 0.29) is 0 Å². The zero-order valence-electron chi connectivity index (χ0n) is 10.2. The van der Waals surface area contributed by atoms with Gasteiger partial charge in [-0.15, -0.1) is 0 Å². The summed E-state index contributed by atoms with van der Waals surface area (Å²) in [5.41, 5.74) is 7.92. The third kappa shape index (κ3) is 1.86. The quantitative estimate of drug-likeness (QED) is 0.806. The van der Waals surface area contributed by atoms with E-state index in [9.17, 15) is 5.26 Å². The van der Waals surface area contributed by atoms with E-state index in [1.165, 1.54) is 0 Å². The van der Waals surface area contributed by atoms with Crippen molar-refractivity contribution in [1.29, 1.82) is 5.26 Å². The van der Waals surface area contributed by atoms with Gasteiger partial charge >= 0.3 is 0 Å². The van der Waals surface area contributed by atoms with Crippen LogP contribution >= 0.6 is 0 Å². The monoisotopic (exact) mass is 231 g/mol. The van der Waals surface area contributed by atoms with Crippen molar-refractivity contribution in [1.82, 2.24) is 4.98 Å². The van der Waals surface area contributed by atoms with Crippen LogP contribution in [0.25, 0.3) is 0 Å². The van der Waals surface area contributed by atoms with Crippen LogP contribution in [0.5, 0.6) is 0 Å². The summed E-state index contributed by atoms with van der Waals surface area (Å²) in [4.78, 5) is 6.63. The SMILES string of the molecule is CNc1nc(N2CCCC2)c(C#N)c(C)c1N. The van der Waals surface area contributed by atoms with Crippen LogP contribution in [-0.4, -0.2) is 25.1 Å². The molecule has 17 heavy (non-hydrogen) atoms. The standard InChI is InChI=1S/C12H17N5/c1-8-9(7-13)12(17-5-3-4-6-17)16-11(15-2)10(8)14/h3-6,14H2,1-2H3,(H,15,16). The van der Waals surface area contributed by atoms with Crippen molar-refractivity contribution in [2.75, 3.05) is 36.1 Å². The highest BCUT2D eigenvalue weighted by molar-refractivity contribution is 5.75. The predicted molar refractivity (Wildman–Crippen MR) is 69.1 cm³/mol. The maximum Gasteiger partial charge on any atom is 0.151 e. The number of anilines is 3. The number of nitriles is 1. The van der Waals surface area contributed by atoms with Gasteiger partial charge in [0.15, 0.2) is 5.82 Å². The lowest BCUT2D eigenvalue weighted by Crippen LogP contribution is -2.22. The van der Waals surface area contributed by atoms with E-state index in [1.807, 2.05) is 6.92 Å². The van der Waals surface area contributed by atoms with Crippen LogP contribution in [0.1, 0.15) is 24.0 Å². The summed E-state index contributed by atoms with van der Waals surface area (Å²) < 4.78 is 0. The molecular formula is C12H17N5. The van der Waals surface area contributed by atoms with Gasteiger partial charge in [0.2, 0.25) is 0 Å². The molecule has 0 spiro atoms. The van der Waals surface area contributed by atoms with Crippen LogP contribution in [0.15, 0.2) is 0 Å². The fraction of sp³-hybridized carbons (Fsp3) is 0.500. The van der Waals surface area contributed by atoms with Crippen molar-refractivity contribution in [3.05, 3.63) is 11.1 Å². The summed E-state index contributed by atoms with van der Waals surface area (Å²) in [6.45, 7) is 3.80. The Kier molecular flexibility index (Phi) is 3.05. The predicted octanol–water partition coefficient (Wildman–Crippen LogP) is 1.49. The van der Waals surface area contributed by atoms with Gasteiger partial charge in [-0.1, -0.05) is 0 Å². The number of nitrogens with one attached hydrogen (secondary N) is 1. The van der Waals surface area contributed by atoms with Gasteiger partial charge in [-0.3, -0.25) is 0 Å². The summed E-state index contributed by atoms with van der Waals surface area (Å²) in [5.74, 6) is 1.42. The topological polar surface area (TPSA) is 78.0 Å². The maximum atomic E-state index is 9.26. The highest BCUT2D eigenvalue weighted by Crippen LogP contribution is 2.31. The largest absolute Gasteiger partial charge is 0.395 e. The first-order chi connectivity index (χ1) is 8.19. The summed E-state index contributed by atoms with van der Waals surface area (Å²) in [7, 11) is 1.79. The third-order valence-corrected chi connectivity index (χ3v) is 3.23. The van der Waals surface area contributed by atoms with E-state index in [1.54, 1.807) is 7.05 Å². The molecule has 0 amide bonds. The average Bonchev–Trinajstić information content (AvgIpc) is 2.86. The van der Waals surface area contributed by atoms with Crippen LogP contribution in [0, 0.1) is 18.3 Å². The molecule has 5 nitrogen and oxygen atoms in total. The summed E-state index contributed by atoms with van der Waals surface area (Å²) in [6, 6.07) is 2.22. The van der Waals surface area contributed by atoms with Crippen molar-refractivity contribution < 1.29 is 0 Å². The highest BCUT2D eigenvalue weighted by Gasteiger charge is 2.21. The number of nitrogens with zero attached hydrogens (tertiary/aromatic N) is 3. The van der Waals surface area contributed by atoms with E-state index in [0.29, 0.717) is 17.1 Å². The fourth-order valence-electron chi connectivity index (χ4n) is 2.18. The Morgan fingerprint density at radius 3 is 2.59 bits per heavy atom. The number of nitrogen functional groups attached to an aromatic ring is 1. The average molecular weight is 231 g/mol. The summed E-state index contributed by atoms with van der Waals surface area (Å²) in [6.07, 6.45) is 2.32. The lowest BCUT2D eigenvalue weighted by molar-refractivity contribution is 0.932. The zero-order chi connectivity index (χ0) is 12.4. The molecule has 1 aromatic heterocycles. The molecular weight excluding hydrogens is 214 g/mol.